The van der Waals surface area contributed by atoms with Crippen molar-refractivity contribution >= 4 is 20.9 Å². The molecule has 0 bridgehead atoms. The van der Waals surface area contributed by atoms with Crippen molar-refractivity contribution in [2.24, 2.45) is 0 Å². The molecule has 2 aromatic rings. The van der Waals surface area contributed by atoms with Crippen molar-refractivity contribution in [1.29, 1.82) is 0 Å². The van der Waals surface area contributed by atoms with Gasteiger partial charge in [-0.1, -0.05) is 24.3 Å². The molecule has 16 heavy (non-hydrogen) atoms. The fraction of sp³-hybridized carbons (Fsp3) is 0. The van der Waals surface area contributed by atoms with E-state index in [1.807, 2.05) is 0 Å². The molecule has 0 aliphatic carbocycles. The Bertz CT molecular complexity index is 622. The summed E-state index contributed by atoms with van der Waals surface area (Å²) in [5.74, 6) is -0.448. The van der Waals surface area contributed by atoms with E-state index in [4.69, 9.17) is 4.55 Å². The number of fused-ring (bicyclic) bond motifs is 1. The zero-order valence-electron chi connectivity index (χ0n) is 8.58. The molecule has 0 saturated heterocycles. The van der Waals surface area contributed by atoms with Gasteiger partial charge < -0.3 is 5.11 Å². The van der Waals surface area contributed by atoms with Crippen molar-refractivity contribution in [3.8, 4) is 5.75 Å². The summed E-state index contributed by atoms with van der Waals surface area (Å²) in [7, 11) is -4.37. The van der Waals surface area contributed by atoms with Crippen LogP contribution in [-0.2, 0) is 10.1 Å². The van der Waals surface area contributed by atoms with Gasteiger partial charge in [0.1, 0.15) is 10.6 Å². The van der Waals surface area contributed by atoms with Gasteiger partial charge in [-0.3, -0.25) is 4.55 Å². The van der Waals surface area contributed by atoms with Crippen LogP contribution in [0.3, 0.4) is 0 Å². The van der Waals surface area contributed by atoms with E-state index in [9.17, 15) is 13.5 Å². The molecule has 6 heteroatoms. The fourth-order valence-corrected chi connectivity index (χ4v) is 2.01. The van der Waals surface area contributed by atoms with Gasteiger partial charge >= 0.3 is 29.6 Å². The van der Waals surface area contributed by atoms with E-state index in [2.05, 4.69) is 0 Å². The van der Waals surface area contributed by atoms with E-state index in [1.54, 1.807) is 24.3 Å². The summed E-state index contributed by atoms with van der Waals surface area (Å²) < 4.78 is 30.6. The SMILES string of the molecule is O=S(=O)(O)c1cc2ccccc2cc1O.[Na+]. The van der Waals surface area contributed by atoms with Crippen LogP contribution < -0.4 is 29.6 Å². The third-order valence-electron chi connectivity index (χ3n) is 2.11. The van der Waals surface area contributed by atoms with Gasteiger partial charge in [0.15, 0.2) is 0 Å². The number of hydrogen-bond acceptors (Lipinski definition) is 3. The molecular weight excluding hydrogens is 239 g/mol. The normalized spacial score (nSPS) is 11.1. The molecule has 0 fully saturated rings. The zero-order valence-corrected chi connectivity index (χ0v) is 11.4. The molecule has 0 aliphatic rings. The molecule has 0 amide bonds. The Morgan fingerprint density at radius 1 is 1.00 bits per heavy atom. The van der Waals surface area contributed by atoms with Gasteiger partial charge in [-0.2, -0.15) is 8.42 Å². The Labute approximate surface area is 115 Å². The first-order chi connectivity index (χ1) is 6.98. The monoisotopic (exact) mass is 247 g/mol. The number of hydrogen-bond donors (Lipinski definition) is 2. The van der Waals surface area contributed by atoms with Crippen molar-refractivity contribution in [3.63, 3.8) is 0 Å². The van der Waals surface area contributed by atoms with Gasteiger partial charge in [0.05, 0.1) is 0 Å². The fourth-order valence-electron chi connectivity index (χ4n) is 1.41. The van der Waals surface area contributed by atoms with Crippen molar-refractivity contribution in [2.45, 2.75) is 4.90 Å². The summed E-state index contributed by atoms with van der Waals surface area (Å²) in [6.07, 6.45) is 0. The number of phenols is 1. The van der Waals surface area contributed by atoms with E-state index in [1.165, 1.54) is 12.1 Å². The quantitative estimate of drug-likeness (QED) is 0.490. The molecule has 0 spiro atoms. The second-order valence-corrected chi connectivity index (χ2v) is 4.53. The molecular formula is C10H8NaO4S+. The van der Waals surface area contributed by atoms with Crippen LogP contribution in [0.15, 0.2) is 41.3 Å². The summed E-state index contributed by atoms with van der Waals surface area (Å²) in [5, 5.41) is 10.8. The summed E-state index contributed by atoms with van der Waals surface area (Å²) in [6.45, 7) is 0. The maximum absolute atomic E-state index is 10.9. The minimum absolute atomic E-state index is 0. The van der Waals surface area contributed by atoms with E-state index in [-0.39, 0.29) is 29.6 Å². The van der Waals surface area contributed by atoms with Crippen LogP contribution >= 0.6 is 0 Å². The van der Waals surface area contributed by atoms with Crippen LogP contribution in [0.25, 0.3) is 10.8 Å². The smallest absolute Gasteiger partial charge is 0.506 e. The Kier molecular flexibility index (Phi) is 3.98. The zero-order chi connectivity index (χ0) is 11.1. The third-order valence-corrected chi connectivity index (χ3v) is 2.99. The maximum atomic E-state index is 10.9. The predicted molar refractivity (Wildman–Crippen MR) is 55.4 cm³/mol. The molecule has 4 nitrogen and oxygen atoms in total. The molecule has 0 radical (unpaired) electrons. The average molecular weight is 247 g/mol. The molecule has 0 saturated carbocycles. The molecule has 0 atom stereocenters. The predicted octanol–water partition coefficient (Wildman–Crippen LogP) is -1.20. The van der Waals surface area contributed by atoms with Crippen molar-refractivity contribution in [3.05, 3.63) is 36.4 Å². The average Bonchev–Trinajstić information content (AvgIpc) is 2.15. The van der Waals surface area contributed by atoms with Crippen molar-refractivity contribution in [2.75, 3.05) is 0 Å². The summed E-state index contributed by atoms with van der Waals surface area (Å²) >= 11 is 0. The summed E-state index contributed by atoms with van der Waals surface area (Å²) in [5.41, 5.74) is 0. The first kappa shape index (κ1) is 13.5. The van der Waals surface area contributed by atoms with Crippen molar-refractivity contribution < 1.29 is 47.6 Å². The second-order valence-electron chi connectivity index (χ2n) is 3.14. The number of aromatic hydroxyl groups is 1. The number of phenolic OH excluding ortho intramolecular Hbond substituents is 1. The van der Waals surface area contributed by atoms with Gasteiger partial charge in [-0.15, -0.1) is 0 Å². The first-order valence-corrected chi connectivity index (χ1v) is 5.62. The topological polar surface area (TPSA) is 74.6 Å². The van der Waals surface area contributed by atoms with Crippen LogP contribution in [0, 0.1) is 0 Å². The van der Waals surface area contributed by atoms with Crippen LogP contribution in [0.1, 0.15) is 0 Å². The Balaban J connectivity index is 0.00000128. The van der Waals surface area contributed by atoms with E-state index in [0.29, 0.717) is 10.8 Å². The van der Waals surface area contributed by atoms with Crippen LogP contribution in [0.4, 0.5) is 0 Å². The van der Waals surface area contributed by atoms with Crippen LogP contribution in [-0.4, -0.2) is 18.1 Å². The number of benzene rings is 2. The molecule has 0 aliphatic heterocycles. The largest absolute Gasteiger partial charge is 1.00 e. The standard InChI is InChI=1S/C10H8O4S.Na/c11-9-5-7-3-1-2-4-8(7)6-10(9)15(12,13)14;/h1-6,11H,(H,12,13,14);/q;+1. The summed E-state index contributed by atoms with van der Waals surface area (Å²) in [4.78, 5) is -0.471. The second kappa shape index (κ2) is 4.73. The van der Waals surface area contributed by atoms with Gasteiger partial charge in [0, 0.05) is 0 Å². The van der Waals surface area contributed by atoms with Crippen LogP contribution in [0.2, 0.25) is 0 Å². The molecule has 2 N–H and O–H groups in total. The molecule has 0 aromatic heterocycles. The number of rotatable bonds is 1. The third kappa shape index (κ3) is 2.56. The Morgan fingerprint density at radius 2 is 1.50 bits per heavy atom. The van der Waals surface area contributed by atoms with E-state index >= 15 is 0 Å². The van der Waals surface area contributed by atoms with E-state index in [0.717, 1.165) is 0 Å². The minimum Gasteiger partial charge on any atom is -0.506 e. The molecule has 2 aromatic carbocycles. The van der Waals surface area contributed by atoms with Gasteiger partial charge in [0.2, 0.25) is 0 Å². The Morgan fingerprint density at radius 3 is 2.00 bits per heavy atom. The summed E-state index contributed by atoms with van der Waals surface area (Å²) in [6, 6.07) is 9.49. The molecule has 0 unspecified atom stereocenters. The minimum atomic E-state index is -4.37. The molecule has 2 rings (SSSR count). The van der Waals surface area contributed by atoms with Gasteiger partial charge in [-0.25, -0.2) is 0 Å². The maximum Gasteiger partial charge on any atom is 1.00 e. The van der Waals surface area contributed by atoms with Gasteiger partial charge in [-0.05, 0) is 22.9 Å². The van der Waals surface area contributed by atoms with Crippen molar-refractivity contribution in [1.82, 2.24) is 0 Å². The van der Waals surface area contributed by atoms with Gasteiger partial charge in [0.25, 0.3) is 10.1 Å². The van der Waals surface area contributed by atoms with E-state index < -0.39 is 20.8 Å². The molecule has 0 heterocycles. The molecule has 78 valence electrons. The van der Waals surface area contributed by atoms with Crippen LogP contribution in [0.5, 0.6) is 5.75 Å². The first-order valence-electron chi connectivity index (χ1n) is 4.18. The Hall–Kier alpha value is -0.590.